The number of hydrogen-bond donors (Lipinski definition) is 0. The van der Waals surface area contributed by atoms with E-state index in [-0.39, 0.29) is 0 Å². The molecule has 2 aromatic heterocycles. The van der Waals surface area contributed by atoms with E-state index in [4.69, 9.17) is 9.72 Å². The van der Waals surface area contributed by atoms with Crippen LogP contribution in [0.1, 0.15) is 9.80 Å². The molecule has 0 aliphatic carbocycles. The van der Waals surface area contributed by atoms with Crippen LogP contribution in [0.2, 0.25) is 0 Å². The maximum atomic E-state index is 12.6. The summed E-state index contributed by atoms with van der Waals surface area (Å²) in [6, 6.07) is 23.8. The van der Waals surface area contributed by atoms with E-state index >= 15 is 0 Å². The molecule has 1 fully saturated rings. The lowest BCUT2D eigenvalue weighted by Crippen LogP contribution is -2.46. The van der Waals surface area contributed by atoms with E-state index in [9.17, 15) is 4.79 Å². The van der Waals surface area contributed by atoms with E-state index in [1.54, 1.807) is 17.4 Å². The van der Waals surface area contributed by atoms with Crippen molar-refractivity contribution in [3.05, 3.63) is 77.8 Å². The van der Waals surface area contributed by atoms with Crippen LogP contribution < -0.4 is 14.5 Å². The smallest absolute Gasteiger partial charge is 0.372 e. The molecular formula is C25H20N4O2S2. The van der Waals surface area contributed by atoms with Gasteiger partial charge in [0.15, 0.2) is 5.13 Å². The van der Waals surface area contributed by atoms with Gasteiger partial charge in [0.2, 0.25) is 5.01 Å². The predicted octanol–water partition coefficient (Wildman–Crippen LogP) is 5.45. The lowest BCUT2D eigenvalue weighted by molar-refractivity contribution is 0.0735. The molecule has 164 valence electrons. The van der Waals surface area contributed by atoms with Crippen LogP contribution in [-0.4, -0.2) is 42.1 Å². The molecule has 0 saturated carbocycles. The minimum Gasteiger partial charge on any atom is -0.421 e. The molecule has 0 unspecified atom stereocenters. The number of ether oxygens (including phenoxy) is 1. The first-order valence-electron chi connectivity index (χ1n) is 10.8. The summed E-state index contributed by atoms with van der Waals surface area (Å²) < 4.78 is 7.60. The van der Waals surface area contributed by atoms with Gasteiger partial charge in [0.25, 0.3) is 0 Å². The van der Waals surface area contributed by atoms with Crippen LogP contribution in [0.5, 0.6) is 5.75 Å². The van der Waals surface area contributed by atoms with Crippen molar-refractivity contribution >= 4 is 59.9 Å². The summed E-state index contributed by atoms with van der Waals surface area (Å²) in [6.45, 7) is 3.78. The first kappa shape index (κ1) is 20.1. The van der Waals surface area contributed by atoms with Gasteiger partial charge < -0.3 is 14.5 Å². The molecule has 0 atom stereocenters. The molecule has 5 aromatic rings. The van der Waals surface area contributed by atoms with Crippen LogP contribution >= 0.6 is 22.7 Å². The molecule has 6 rings (SSSR count). The van der Waals surface area contributed by atoms with Gasteiger partial charge in [-0.2, -0.15) is 0 Å². The number of rotatable bonds is 4. The standard InChI is InChI=1S/C25H20N4O2S2/c30-24(23-26-19-8-4-5-9-21(19)32-23)31-18-10-11-20-22(16-18)33-25(27-20)29-14-12-28(13-15-29)17-6-2-1-3-7-17/h1-11,16H,12-15H2. The van der Waals surface area contributed by atoms with Gasteiger partial charge in [-0.25, -0.2) is 14.8 Å². The van der Waals surface area contributed by atoms with Crippen LogP contribution in [0, 0.1) is 0 Å². The Hall–Kier alpha value is -3.49. The molecule has 3 aromatic carbocycles. The number of thiazole rings is 2. The highest BCUT2D eigenvalue weighted by Crippen LogP contribution is 2.33. The number of nitrogens with zero attached hydrogens (tertiary/aromatic N) is 4. The normalized spacial score (nSPS) is 14.2. The van der Waals surface area contributed by atoms with E-state index in [1.165, 1.54) is 17.0 Å². The van der Waals surface area contributed by atoms with Gasteiger partial charge in [-0.15, -0.1) is 11.3 Å². The van der Waals surface area contributed by atoms with Crippen molar-refractivity contribution in [1.82, 2.24) is 9.97 Å². The third-order valence-corrected chi connectivity index (χ3v) is 7.79. The fourth-order valence-electron chi connectivity index (χ4n) is 4.00. The molecule has 1 aliphatic heterocycles. The predicted molar refractivity (Wildman–Crippen MR) is 135 cm³/mol. The van der Waals surface area contributed by atoms with Crippen molar-refractivity contribution in [2.24, 2.45) is 0 Å². The van der Waals surface area contributed by atoms with Gasteiger partial charge in [0.05, 0.1) is 20.4 Å². The number of benzene rings is 3. The average molecular weight is 473 g/mol. The molecule has 3 heterocycles. The highest BCUT2D eigenvalue weighted by Gasteiger charge is 2.21. The highest BCUT2D eigenvalue weighted by molar-refractivity contribution is 7.22. The second-order valence-corrected chi connectivity index (χ2v) is 9.85. The second kappa shape index (κ2) is 8.46. The van der Waals surface area contributed by atoms with Crippen LogP contribution in [0.15, 0.2) is 72.8 Å². The largest absolute Gasteiger partial charge is 0.421 e. The summed E-state index contributed by atoms with van der Waals surface area (Å²) in [7, 11) is 0. The number of aromatic nitrogens is 2. The first-order valence-corrected chi connectivity index (χ1v) is 12.4. The monoisotopic (exact) mass is 472 g/mol. The molecular weight excluding hydrogens is 452 g/mol. The summed E-state index contributed by atoms with van der Waals surface area (Å²) >= 11 is 2.98. The number of hydrogen-bond acceptors (Lipinski definition) is 8. The zero-order valence-electron chi connectivity index (χ0n) is 17.7. The number of carbonyl (C=O) groups is 1. The van der Waals surface area contributed by atoms with E-state index in [2.05, 4.69) is 39.0 Å². The minimum atomic E-state index is -0.433. The molecule has 1 saturated heterocycles. The van der Waals surface area contributed by atoms with E-state index in [1.807, 2.05) is 42.5 Å². The maximum absolute atomic E-state index is 12.6. The fourth-order valence-corrected chi connectivity index (χ4v) is 5.88. The Morgan fingerprint density at radius 1 is 0.758 bits per heavy atom. The van der Waals surface area contributed by atoms with E-state index in [0.29, 0.717) is 10.8 Å². The lowest BCUT2D eigenvalue weighted by atomic mass is 10.2. The summed E-state index contributed by atoms with van der Waals surface area (Å²) in [5.74, 6) is 0.0770. The third kappa shape index (κ3) is 4.03. The van der Waals surface area contributed by atoms with Gasteiger partial charge in [0.1, 0.15) is 5.75 Å². The van der Waals surface area contributed by atoms with Crippen molar-refractivity contribution in [2.45, 2.75) is 0 Å². The number of anilines is 2. The second-order valence-electron chi connectivity index (χ2n) is 7.81. The molecule has 0 radical (unpaired) electrons. The zero-order valence-corrected chi connectivity index (χ0v) is 19.3. The Morgan fingerprint density at radius 3 is 2.30 bits per heavy atom. The number of carbonyl (C=O) groups excluding carboxylic acids is 1. The van der Waals surface area contributed by atoms with Crippen molar-refractivity contribution in [2.75, 3.05) is 36.0 Å². The van der Waals surface area contributed by atoms with Gasteiger partial charge in [-0.1, -0.05) is 41.7 Å². The number of para-hydroxylation sites is 2. The Balaban J connectivity index is 1.16. The first-order chi connectivity index (χ1) is 16.2. The zero-order chi connectivity index (χ0) is 22.2. The van der Waals surface area contributed by atoms with E-state index in [0.717, 1.165) is 51.7 Å². The van der Waals surface area contributed by atoms with Gasteiger partial charge in [-0.05, 0) is 36.4 Å². The van der Waals surface area contributed by atoms with Gasteiger partial charge in [0, 0.05) is 37.9 Å². The van der Waals surface area contributed by atoms with Crippen molar-refractivity contribution < 1.29 is 9.53 Å². The topological polar surface area (TPSA) is 58.6 Å². The third-order valence-electron chi connectivity index (χ3n) is 5.70. The average Bonchev–Trinajstić information content (AvgIpc) is 3.49. The molecule has 33 heavy (non-hydrogen) atoms. The summed E-state index contributed by atoms with van der Waals surface area (Å²) in [5.41, 5.74) is 2.99. The fraction of sp³-hybridized carbons (Fsp3) is 0.160. The minimum absolute atomic E-state index is 0.359. The van der Waals surface area contributed by atoms with Crippen LogP contribution in [0.4, 0.5) is 10.8 Å². The van der Waals surface area contributed by atoms with Crippen molar-refractivity contribution in [3.8, 4) is 5.75 Å². The number of esters is 1. The van der Waals surface area contributed by atoms with E-state index < -0.39 is 5.97 Å². The Labute approximate surface area is 198 Å². The molecule has 0 bridgehead atoms. The summed E-state index contributed by atoms with van der Waals surface area (Å²) in [5, 5.41) is 1.37. The lowest BCUT2D eigenvalue weighted by Gasteiger charge is -2.35. The van der Waals surface area contributed by atoms with Gasteiger partial charge >= 0.3 is 5.97 Å². The summed E-state index contributed by atoms with van der Waals surface area (Å²) in [4.78, 5) is 26.6. The van der Waals surface area contributed by atoms with Gasteiger partial charge in [-0.3, -0.25) is 0 Å². The summed E-state index contributed by atoms with van der Waals surface area (Å²) in [6.07, 6.45) is 0. The highest BCUT2D eigenvalue weighted by atomic mass is 32.1. The molecule has 0 amide bonds. The van der Waals surface area contributed by atoms with Crippen molar-refractivity contribution in [1.29, 1.82) is 0 Å². The number of fused-ring (bicyclic) bond motifs is 2. The maximum Gasteiger partial charge on any atom is 0.372 e. The SMILES string of the molecule is O=C(Oc1ccc2nc(N3CCN(c4ccccc4)CC3)sc2c1)c1nc2ccccc2s1. The Kier molecular flexibility index (Phi) is 5.16. The van der Waals surface area contributed by atoms with Crippen LogP contribution in [0.25, 0.3) is 20.4 Å². The Bertz CT molecular complexity index is 1410. The van der Waals surface area contributed by atoms with Crippen molar-refractivity contribution in [3.63, 3.8) is 0 Å². The molecule has 0 N–H and O–H groups in total. The van der Waals surface area contributed by atoms with Crippen LogP contribution in [-0.2, 0) is 0 Å². The molecule has 0 spiro atoms. The molecule has 6 nitrogen and oxygen atoms in total. The quantitative estimate of drug-likeness (QED) is 0.256. The molecule has 8 heteroatoms. The van der Waals surface area contributed by atoms with Crippen LogP contribution in [0.3, 0.4) is 0 Å². The molecule has 1 aliphatic rings. The Morgan fingerprint density at radius 2 is 1.48 bits per heavy atom. The number of piperazine rings is 1.